The van der Waals surface area contributed by atoms with Gasteiger partial charge in [-0.15, -0.1) is 11.3 Å². The van der Waals surface area contributed by atoms with Crippen molar-refractivity contribution in [3.05, 3.63) is 16.1 Å². The molecular formula is C16H27NOS. The molecule has 3 atom stereocenters. The topological polar surface area (TPSA) is 33.1 Å². The van der Waals surface area contributed by atoms with E-state index >= 15 is 0 Å². The first-order valence-corrected chi connectivity index (χ1v) is 8.41. The fourth-order valence-corrected chi connectivity index (χ4v) is 4.00. The molecule has 0 aliphatic heterocycles. The highest BCUT2D eigenvalue weighted by Gasteiger charge is 2.29. The van der Waals surface area contributed by atoms with Gasteiger partial charge in [0.2, 0.25) is 0 Å². The van der Waals surface area contributed by atoms with E-state index in [9.17, 15) is 5.11 Å². The molecule has 1 aromatic rings. The molecule has 0 amide bonds. The van der Waals surface area contributed by atoms with Crippen LogP contribution in [-0.4, -0.2) is 16.2 Å². The van der Waals surface area contributed by atoms with Gasteiger partial charge in [-0.25, -0.2) is 4.98 Å². The van der Waals surface area contributed by atoms with Crippen LogP contribution in [0.1, 0.15) is 64.1 Å². The van der Waals surface area contributed by atoms with Crippen LogP contribution in [0.25, 0.3) is 0 Å². The third kappa shape index (κ3) is 3.79. The molecule has 0 radical (unpaired) electrons. The van der Waals surface area contributed by atoms with Crippen molar-refractivity contribution in [3.8, 4) is 0 Å². The summed E-state index contributed by atoms with van der Waals surface area (Å²) in [7, 11) is 0. The van der Waals surface area contributed by atoms with Crippen molar-refractivity contribution in [2.75, 3.05) is 0 Å². The van der Waals surface area contributed by atoms with Crippen molar-refractivity contribution < 1.29 is 5.11 Å². The summed E-state index contributed by atoms with van der Waals surface area (Å²) in [5.74, 6) is 1.33. The number of aliphatic hydroxyl groups excluding tert-OH is 1. The van der Waals surface area contributed by atoms with Crippen LogP contribution in [0.3, 0.4) is 0 Å². The van der Waals surface area contributed by atoms with Crippen molar-refractivity contribution in [3.63, 3.8) is 0 Å². The molecule has 108 valence electrons. The summed E-state index contributed by atoms with van der Waals surface area (Å²) >= 11 is 1.70. The molecule has 0 spiro atoms. The summed E-state index contributed by atoms with van der Waals surface area (Å²) in [6, 6.07) is 0. The zero-order valence-corrected chi connectivity index (χ0v) is 13.5. The van der Waals surface area contributed by atoms with Gasteiger partial charge < -0.3 is 5.11 Å². The monoisotopic (exact) mass is 281 g/mol. The van der Waals surface area contributed by atoms with E-state index in [-0.39, 0.29) is 11.5 Å². The highest BCUT2D eigenvalue weighted by Crippen LogP contribution is 2.36. The van der Waals surface area contributed by atoms with Gasteiger partial charge in [0.25, 0.3) is 0 Å². The molecule has 1 heterocycles. The Morgan fingerprint density at radius 1 is 1.42 bits per heavy atom. The number of nitrogens with zero attached hydrogens (tertiary/aromatic N) is 1. The minimum atomic E-state index is -0.199. The average molecular weight is 281 g/mol. The Kier molecular flexibility index (Phi) is 4.67. The Morgan fingerprint density at radius 3 is 2.68 bits per heavy atom. The predicted molar refractivity (Wildman–Crippen MR) is 81.6 cm³/mol. The second-order valence-corrected chi connectivity index (χ2v) is 7.94. The van der Waals surface area contributed by atoms with Gasteiger partial charge in [-0.3, -0.25) is 0 Å². The third-order valence-corrected chi connectivity index (χ3v) is 5.28. The number of aliphatic hydroxyl groups is 1. The minimum Gasteiger partial charge on any atom is -0.392 e. The second-order valence-electron chi connectivity index (χ2n) is 7.00. The van der Waals surface area contributed by atoms with E-state index in [1.54, 1.807) is 11.3 Å². The summed E-state index contributed by atoms with van der Waals surface area (Å²) in [4.78, 5) is 4.69. The molecule has 19 heavy (non-hydrogen) atoms. The highest BCUT2D eigenvalue weighted by atomic mass is 32.1. The summed E-state index contributed by atoms with van der Waals surface area (Å²) in [6.45, 7) is 8.82. The smallest absolute Gasteiger partial charge is 0.0954 e. The van der Waals surface area contributed by atoms with E-state index in [1.165, 1.54) is 25.7 Å². The highest BCUT2D eigenvalue weighted by molar-refractivity contribution is 7.09. The van der Waals surface area contributed by atoms with Crippen LogP contribution in [0.4, 0.5) is 0 Å². The Balaban J connectivity index is 1.92. The molecule has 0 bridgehead atoms. The maximum atomic E-state index is 10.4. The van der Waals surface area contributed by atoms with Gasteiger partial charge >= 0.3 is 0 Å². The molecule has 0 aromatic carbocycles. The minimum absolute atomic E-state index is 0.111. The van der Waals surface area contributed by atoms with E-state index in [4.69, 9.17) is 4.98 Å². The van der Waals surface area contributed by atoms with Crippen molar-refractivity contribution in [2.24, 2.45) is 11.8 Å². The lowest BCUT2D eigenvalue weighted by Gasteiger charge is -2.17. The molecule has 1 fully saturated rings. The Labute approximate surface area is 121 Å². The van der Waals surface area contributed by atoms with Crippen molar-refractivity contribution >= 4 is 11.3 Å². The van der Waals surface area contributed by atoms with Crippen LogP contribution in [0, 0.1) is 11.8 Å². The molecule has 2 nitrogen and oxygen atoms in total. The van der Waals surface area contributed by atoms with E-state index < -0.39 is 0 Å². The van der Waals surface area contributed by atoms with Crippen molar-refractivity contribution in [2.45, 2.75) is 71.3 Å². The number of hydrogen-bond acceptors (Lipinski definition) is 3. The van der Waals surface area contributed by atoms with Gasteiger partial charge in [-0.2, -0.15) is 0 Å². The summed E-state index contributed by atoms with van der Waals surface area (Å²) < 4.78 is 0. The fraction of sp³-hybridized carbons (Fsp3) is 0.812. The SMILES string of the molecule is CCC1CCC(C(O)Cc2nc(C(C)(C)C)cs2)C1. The maximum Gasteiger partial charge on any atom is 0.0954 e. The lowest BCUT2D eigenvalue weighted by molar-refractivity contribution is 0.108. The first-order chi connectivity index (χ1) is 8.90. The van der Waals surface area contributed by atoms with Gasteiger partial charge in [0, 0.05) is 17.2 Å². The van der Waals surface area contributed by atoms with Gasteiger partial charge in [-0.1, -0.05) is 40.5 Å². The van der Waals surface area contributed by atoms with E-state index in [0.717, 1.165) is 23.0 Å². The molecule has 3 unspecified atom stereocenters. The largest absolute Gasteiger partial charge is 0.392 e. The number of rotatable bonds is 4. The quantitative estimate of drug-likeness (QED) is 0.898. The molecule has 1 aliphatic rings. The average Bonchev–Trinajstić information content (AvgIpc) is 2.95. The molecule has 1 aliphatic carbocycles. The first kappa shape index (κ1) is 15.0. The van der Waals surface area contributed by atoms with Gasteiger partial charge in [0.15, 0.2) is 0 Å². The number of hydrogen-bond donors (Lipinski definition) is 1. The van der Waals surface area contributed by atoms with Crippen LogP contribution < -0.4 is 0 Å². The van der Waals surface area contributed by atoms with E-state index in [2.05, 4.69) is 33.1 Å². The molecule has 1 N–H and O–H groups in total. The van der Waals surface area contributed by atoms with Crippen molar-refractivity contribution in [1.82, 2.24) is 4.98 Å². The summed E-state index contributed by atoms with van der Waals surface area (Å²) in [5.41, 5.74) is 1.26. The lowest BCUT2D eigenvalue weighted by Crippen LogP contribution is -2.21. The standard InChI is InChI=1S/C16H27NOS/c1-5-11-6-7-12(8-11)13(18)9-15-17-14(10-19-15)16(2,3)4/h10-13,18H,5-9H2,1-4H3. The van der Waals surface area contributed by atoms with Crippen LogP contribution >= 0.6 is 11.3 Å². The van der Waals surface area contributed by atoms with Gasteiger partial charge in [0.05, 0.1) is 16.8 Å². The van der Waals surface area contributed by atoms with Gasteiger partial charge in [-0.05, 0) is 24.7 Å². The molecule has 3 heteroatoms. The Hall–Kier alpha value is -0.410. The molecule has 1 aromatic heterocycles. The number of thiazole rings is 1. The van der Waals surface area contributed by atoms with E-state index in [0.29, 0.717) is 5.92 Å². The predicted octanol–water partition coefficient (Wildman–Crippen LogP) is 4.17. The van der Waals surface area contributed by atoms with Crippen LogP contribution in [0.5, 0.6) is 0 Å². The van der Waals surface area contributed by atoms with E-state index in [1.807, 2.05) is 0 Å². The zero-order chi connectivity index (χ0) is 14.0. The lowest BCUT2D eigenvalue weighted by atomic mass is 9.93. The van der Waals surface area contributed by atoms with Crippen LogP contribution in [0.15, 0.2) is 5.38 Å². The second kappa shape index (κ2) is 5.92. The number of aromatic nitrogens is 1. The van der Waals surface area contributed by atoms with Gasteiger partial charge in [0.1, 0.15) is 0 Å². The summed E-state index contributed by atoms with van der Waals surface area (Å²) in [6.07, 6.45) is 5.49. The zero-order valence-electron chi connectivity index (χ0n) is 12.6. The molecule has 1 saturated carbocycles. The van der Waals surface area contributed by atoms with Crippen LogP contribution in [-0.2, 0) is 11.8 Å². The normalized spacial score (nSPS) is 25.7. The molecule has 2 rings (SSSR count). The maximum absolute atomic E-state index is 10.4. The summed E-state index contributed by atoms with van der Waals surface area (Å²) in [5, 5.41) is 13.6. The fourth-order valence-electron chi connectivity index (χ4n) is 2.93. The molecular weight excluding hydrogens is 254 g/mol. The Bertz CT molecular complexity index is 407. The van der Waals surface area contributed by atoms with Crippen LogP contribution in [0.2, 0.25) is 0 Å². The third-order valence-electron chi connectivity index (χ3n) is 4.41. The Morgan fingerprint density at radius 2 is 2.16 bits per heavy atom. The van der Waals surface area contributed by atoms with Crippen molar-refractivity contribution in [1.29, 1.82) is 0 Å². The molecule has 0 saturated heterocycles. The first-order valence-electron chi connectivity index (χ1n) is 7.53.